The maximum atomic E-state index is 11.5. The van der Waals surface area contributed by atoms with E-state index in [1.807, 2.05) is 6.92 Å². The summed E-state index contributed by atoms with van der Waals surface area (Å²) in [7, 11) is 0. The molecule has 78 valence electrons. The molecular formula is C11H17NO2. The van der Waals surface area contributed by atoms with Crippen molar-refractivity contribution in [1.82, 2.24) is 0 Å². The molecule has 0 saturated carbocycles. The van der Waals surface area contributed by atoms with E-state index in [1.54, 1.807) is 0 Å². The Kier molecular flexibility index (Phi) is 3.44. The van der Waals surface area contributed by atoms with Crippen LogP contribution in [0.5, 0.6) is 0 Å². The molecule has 1 amide bonds. The van der Waals surface area contributed by atoms with E-state index in [0.29, 0.717) is 6.42 Å². The predicted molar refractivity (Wildman–Crippen MR) is 54.5 cm³/mol. The molecule has 1 aliphatic carbocycles. The van der Waals surface area contributed by atoms with Crippen molar-refractivity contribution in [3.63, 3.8) is 0 Å². The number of unbranched alkanes of at least 4 members (excludes halogenated alkanes) is 1. The van der Waals surface area contributed by atoms with Crippen molar-refractivity contribution in [3.05, 3.63) is 11.1 Å². The lowest BCUT2D eigenvalue weighted by atomic mass is 10.0. The fourth-order valence-electron chi connectivity index (χ4n) is 1.90. The summed E-state index contributed by atoms with van der Waals surface area (Å²) in [6, 6.07) is 0. The molecule has 2 N–H and O–H groups in total. The molecule has 1 unspecified atom stereocenters. The summed E-state index contributed by atoms with van der Waals surface area (Å²) >= 11 is 0. The second kappa shape index (κ2) is 4.40. The highest BCUT2D eigenvalue weighted by Gasteiger charge is 2.32. The standard InChI is InChI=1S/C11H17NO2/c1-3-4-5-8-7(2)9(11(12)14)6-10(8)13/h9H,3-6H2,1-2H3,(H2,12,14). The quantitative estimate of drug-likeness (QED) is 0.740. The minimum absolute atomic E-state index is 0.111. The maximum Gasteiger partial charge on any atom is 0.225 e. The molecule has 0 bridgehead atoms. The highest BCUT2D eigenvalue weighted by Crippen LogP contribution is 2.31. The van der Waals surface area contributed by atoms with Crippen LogP contribution in [0.4, 0.5) is 0 Å². The lowest BCUT2D eigenvalue weighted by Crippen LogP contribution is -2.22. The van der Waals surface area contributed by atoms with Gasteiger partial charge in [-0.15, -0.1) is 0 Å². The number of ketones is 1. The summed E-state index contributed by atoms with van der Waals surface area (Å²) in [6.07, 6.45) is 3.15. The summed E-state index contributed by atoms with van der Waals surface area (Å²) in [5.41, 5.74) is 6.96. The van der Waals surface area contributed by atoms with E-state index < -0.39 is 0 Å². The van der Waals surface area contributed by atoms with Crippen LogP contribution in [-0.4, -0.2) is 11.7 Å². The lowest BCUT2D eigenvalue weighted by molar-refractivity contribution is -0.123. The number of Topliss-reactive ketones (excluding diaryl/α,β-unsaturated/α-hetero) is 1. The van der Waals surface area contributed by atoms with Gasteiger partial charge in [0.2, 0.25) is 5.91 Å². The Morgan fingerprint density at radius 2 is 2.21 bits per heavy atom. The molecule has 0 spiro atoms. The van der Waals surface area contributed by atoms with Crippen molar-refractivity contribution in [2.24, 2.45) is 11.7 Å². The van der Waals surface area contributed by atoms with Gasteiger partial charge in [-0.1, -0.05) is 18.9 Å². The molecule has 1 atom stereocenters. The van der Waals surface area contributed by atoms with Gasteiger partial charge in [0.25, 0.3) is 0 Å². The second-order valence-electron chi connectivity index (χ2n) is 3.85. The van der Waals surface area contributed by atoms with Crippen LogP contribution in [0, 0.1) is 5.92 Å². The zero-order valence-electron chi connectivity index (χ0n) is 8.80. The molecular weight excluding hydrogens is 178 g/mol. The molecule has 0 radical (unpaired) electrons. The number of amides is 1. The predicted octanol–water partition coefficient (Wildman–Crippen LogP) is 1.57. The van der Waals surface area contributed by atoms with Crippen molar-refractivity contribution in [2.45, 2.75) is 39.5 Å². The van der Waals surface area contributed by atoms with Gasteiger partial charge in [0, 0.05) is 6.42 Å². The molecule has 0 aromatic heterocycles. The van der Waals surface area contributed by atoms with Crippen LogP contribution < -0.4 is 5.73 Å². The largest absolute Gasteiger partial charge is 0.369 e. The molecule has 0 saturated heterocycles. The Labute approximate surface area is 84.4 Å². The Morgan fingerprint density at radius 3 is 2.64 bits per heavy atom. The molecule has 3 nitrogen and oxygen atoms in total. The van der Waals surface area contributed by atoms with Crippen LogP contribution in [-0.2, 0) is 9.59 Å². The summed E-state index contributed by atoms with van der Waals surface area (Å²) in [5.74, 6) is -0.601. The number of rotatable bonds is 4. The van der Waals surface area contributed by atoms with Crippen LogP contribution in [0.1, 0.15) is 39.5 Å². The van der Waals surface area contributed by atoms with Crippen LogP contribution in [0.25, 0.3) is 0 Å². The Morgan fingerprint density at radius 1 is 1.57 bits per heavy atom. The molecule has 0 aliphatic heterocycles. The summed E-state index contributed by atoms with van der Waals surface area (Å²) in [5, 5.41) is 0. The first-order valence-corrected chi connectivity index (χ1v) is 5.10. The first-order chi connectivity index (χ1) is 6.57. The minimum Gasteiger partial charge on any atom is -0.369 e. The summed E-state index contributed by atoms with van der Waals surface area (Å²) < 4.78 is 0. The van der Waals surface area contributed by atoms with Crippen LogP contribution >= 0.6 is 0 Å². The molecule has 14 heavy (non-hydrogen) atoms. The Hall–Kier alpha value is -1.12. The summed E-state index contributed by atoms with van der Waals surface area (Å²) in [4.78, 5) is 22.6. The molecule has 0 aromatic carbocycles. The van der Waals surface area contributed by atoms with Crippen LogP contribution in [0.15, 0.2) is 11.1 Å². The van der Waals surface area contributed by atoms with E-state index in [0.717, 1.165) is 30.4 Å². The second-order valence-corrected chi connectivity index (χ2v) is 3.85. The number of hydrogen-bond donors (Lipinski definition) is 1. The van der Waals surface area contributed by atoms with Gasteiger partial charge in [-0.25, -0.2) is 0 Å². The van der Waals surface area contributed by atoms with Gasteiger partial charge >= 0.3 is 0 Å². The van der Waals surface area contributed by atoms with Gasteiger partial charge in [0.1, 0.15) is 0 Å². The zero-order chi connectivity index (χ0) is 10.7. The van der Waals surface area contributed by atoms with Crippen molar-refractivity contribution in [3.8, 4) is 0 Å². The van der Waals surface area contributed by atoms with Gasteiger partial charge in [-0.3, -0.25) is 9.59 Å². The normalized spacial score (nSPS) is 21.9. The minimum atomic E-state index is -0.373. The molecule has 0 aromatic rings. The van der Waals surface area contributed by atoms with Gasteiger partial charge in [-0.2, -0.15) is 0 Å². The first-order valence-electron chi connectivity index (χ1n) is 5.10. The average Bonchev–Trinajstić information content (AvgIpc) is 2.40. The van der Waals surface area contributed by atoms with E-state index in [1.165, 1.54) is 0 Å². The lowest BCUT2D eigenvalue weighted by Gasteiger charge is -2.05. The smallest absolute Gasteiger partial charge is 0.225 e. The summed E-state index contributed by atoms with van der Waals surface area (Å²) in [6.45, 7) is 3.94. The van der Waals surface area contributed by atoms with Gasteiger partial charge in [0.05, 0.1) is 5.92 Å². The fourth-order valence-corrected chi connectivity index (χ4v) is 1.90. The Balaban J connectivity index is 2.79. The number of allylic oxidation sites excluding steroid dienone is 1. The highest BCUT2D eigenvalue weighted by molar-refractivity contribution is 6.03. The molecule has 3 heteroatoms. The average molecular weight is 195 g/mol. The van der Waals surface area contributed by atoms with E-state index in [2.05, 4.69) is 6.92 Å². The third-order valence-electron chi connectivity index (χ3n) is 2.85. The fraction of sp³-hybridized carbons (Fsp3) is 0.636. The van der Waals surface area contributed by atoms with E-state index in [9.17, 15) is 9.59 Å². The highest BCUT2D eigenvalue weighted by atomic mass is 16.1. The van der Waals surface area contributed by atoms with E-state index >= 15 is 0 Å². The topological polar surface area (TPSA) is 60.2 Å². The van der Waals surface area contributed by atoms with Gasteiger partial charge < -0.3 is 5.73 Å². The van der Waals surface area contributed by atoms with E-state index in [4.69, 9.17) is 5.73 Å². The molecule has 0 heterocycles. The zero-order valence-corrected chi connectivity index (χ0v) is 8.80. The third-order valence-corrected chi connectivity index (χ3v) is 2.85. The maximum absolute atomic E-state index is 11.5. The van der Waals surface area contributed by atoms with Crippen molar-refractivity contribution < 1.29 is 9.59 Å². The van der Waals surface area contributed by atoms with Crippen LogP contribution in [0.3, 0.4) is 0 Å². The number of carbonyl (C=O) groups excluding carboxylic acids is 2. The SMILES string of the molecule is CCCCC1=C(C)C(C(N)=O)CC1=O. The molecule has 0 fully saturated rings. The van der Waals surface area contributed by atoms with E-state index in [-0.39, 0.29) is 17.6 Å². The number of primary amides is 1. The van der Waals surface area contributed by atoms with Gasteiger partial charge in [-0.05, 0) is 25.3 Å². The van der Waals surface area contributed by atoms with Gasteiger partial charge in [0.15, 0.2) is 5.78 Å². The van der Waals surface area contributed by atoms with Crippen molar-refractivity contribution in [2.75, 3.05) is 0 Å². The van der Waals surface area contributed by atoms with Crippen molar-refractivity contribution >= 4 is 11.7 Å². The first kappa shape index (κ1) is 11.0. The monoisotopic (exact) mass is 195 g/mol. The number of carbonyl (C=O) groups is 2. The Bertz CT molecular complexity index is 292. The van der Waals surface area contributed by atoms with Crippen LogP contribution in [0.2, 0.25) is 0 Å². The number of hydrogen-bond acceptors (Lipinski definition) is 2. The van der Waals surface area contributed by atoms with Crippen molar-refractivity contribution in [1.29, 1.82) is 0 Å². The number of nitrogens with two attached hydrogens (primary N) is 1. The molecule has 1 aliphatic rings. The molecule has 1 rings (SSSR count). The third kappa shape index (κ3) is 2.03.